The van der Waals surface area contributed by atoms with Gasteiger partial charge in [0.2, 0.25) is 0 Å². The van der Waals surface area contributed by atoms with Crippen LogP contribution in [0.2, 0.25) is 5.15 Å². The van der Waals surface area contributed by atoms with E-state index >= 15 is 0 Å². The van der Waals surface area contributed by atoms with Gasteiger partial charge in [0.25, 0.3) is 0 Å². The van der Waals surface area contributed by atoms with Gasteiger partial charge in [-0.2, -0.15) is 5.10 Å². The molecule has 0 amide bonds. The molecule has 21 heavy (non-hydrogen) atoms. The van der Waals surface area contributed by atoms with Crippen LogP contribution in [0.15, 0.2) is 24.3 Å². The molecule has 1 heterocycles. The minimum atomic E-state index is 0.224. The van der Waals surface area contributed by atoms with Crippen molar-refractivity contribution in [1.29, 1.82) is 0 Å². The quantitative estimate of drug-likeness (QED) is 0.922. The summed E-state index contributed by atoms with van der Waals surface area (Å²) in [6.45, 7) is 2.00. The van der Waals surface area contributed by atoms with E-state index < -0.39 is 0 Å². The van der Waals surface area contributed by atoms with Crippen LogP contribution in [0.4, 0.5) is 5.69 Å². The third-order valence-electron chi connectivity index (χ3n) is 3.84. The smallest absolute Gasteiger partial charge is 0.130 e. The molecule has 0 saturated heterocycles. The number of aromatic nitrogens is 2. The van der Waals surface area contributed by atoms with Crippen LogP contribution in [0.5, 0.6) is 0 Å². The lowest BCUT2D eigenvalue weighted by molar-refractivity contribution is 0.590. The van der Waals surface area contributed by atoms with Gasteiger partial charge in [-0.05, 0) is 38.1 Å². The zero-order chi connectivity index (χ0) is 15.6. The zero-order valence-electron chi connectivity index (χ0n) is 13.3. The molecule has 1 N–H and O–H groups in total. The first kappa shape index (κ1) is 15.9. The minimum absolute atomic E-state index is 0.224. The average Bonchev–Trinajstić information content (AvgIpc) is 2.70. The maximum absolute atomic E-state index is 6.34. The lowest BCUT2D eigenvalue weighted by Crippen LogP contribution is -2.19. The van der Waals surface area contributed by atoms with Gasteiger partial charge in [-0.1, -0.05) is 23.7 Å². The monoisotopic (exact) mass is 306 g/mol. The molecule has 0 saturated carbocycles. The Morgan fingerprint density at radius 1 is 1.29 bits per heavy atom. The molecule has 5 heteroatoms. The molecule has 4 nitrogen and oxygen atoms in total. The first-order valence-corrected chi connectivity index (χ1v) is 7.44. The lowest BCUT2D eigenvalue weighted by atomic mass is 9.99. The summed E-state index contributed by atoms with van der Waals surface area (Å²) in [5.74, 6) is 0. The molecular weight excluding hydrogens is 284 g/mol. The van der Waals surface area contributed by atoms with Crippen LogP contribution in [-0.4, -0.2) is 30.9 Å². The van der Waals surface area contributed by atoms with E-state index in [9.17, 15) is 0 Å². The second-order valence-corrected chi connectivity index (χ2v) is 5.87. The van der Waals surface area contributed by atoms with E-state index in [1.165, 1.54) is 11.3 Å². The van der Waals surface area contributed by atoms with Gasteiger partial charge in [0, 0.05) is 38.4 Å². The first-order chi connectivity index (χ1) is 9.93. The summed E-state index contributed by atoms with van der Waals surface area (Å²) in [6, 6.07) is 8.82. The second-order valence-electron chi connectivity index (χ2n) is 5.51. The van der Waals surface area contributed by atoms with Crippen molar-refractivity contribution >= 4 is 17.3 Å². The second kappa shape index (κ2) is 6.50. The lowest BCUT2D eigenvalue weighted by Gasteiger charge is -2.19. The Labute approximate surface area is 131 Å². The van der Waals surface area contributed by atoms with E-state index in [-0.39, 0.29) is 6.04 Å². The molecule has 0 aliphatic rings. The van der Waals surface area contributed by atoms with E-state index in [0.717, 1.165) is 22.8 Å². The Morgan fingerprint density at radius 3 is 2.33 bits per heavy atom. The molecule has 0 bridgehead atoms. The van der Waals surface area contributed by atoms with Crippen molar-refractivity contribution in [3.63, 3.8) is 0 Å². The topological polar surface area (TPSA) is 33.1 Å². The number of nitrogens with zero attached hydrogens (tertiary/aromatic N) is 3. The average molecular weight is 307 g/mol. The molecule has 0 spiro atoms. The van der Waals surface area contributed by atoms with Crippen molar-refractivity contribution in [2.24, 2.45) is 7.05 Å². The highest BCUT2D eigenvalue weighted by atomic mass is 35.5. The van der Waals surface area contributed by atoms with Crippen molar-refractivity contribution in [2.75, 3.05) is 26.0 Å². The summed E-state index contributed by atoms with van der Waals surface area (Å²) >= 11 is 6.34. The predicted octanol–water partition coefficient (Wildman–Crippen LogP) is 2.95. The van der Waals surface area contributed by atoms with Gasteiger partial charge in [-0.3, -0.25) is 4.68 Å². The van der Waals surface area contributed by atoms with Crippen LogP contribution in [0.25, 0.3) is 0 Å². The number of benzene rings is 1. The maximum Gasteiger partial charge on any atom is 0.130 e. The van der Waals surface area contributed by atoms with Gasteiger partial charge < -0.3 is 10.2 Å². The largest absolute Gasteiger partial charge is 0.378 e. The maximum atomic E-state index is 6.34. The van der Waals surface area contributed by atoms with E-state index in [2.05, 4.69) is 39.6 Å². The number of rotatable bonds is 5. The van der Waals surface area contributed by atoms with Gasteiger partial charge in [0.05, 0.1) is 5.69 Å². The van der Waals surface area contributed by atoms with Crippen LogP contribution in [-0.2, 0) is 13.5 Å². The standard InChI is InChI=1S/C16H23ClN4/c1-11-14(16(17)21(5)19-11)10-15(18-2)12-6-8-13(9-7-12)20(3)4/h6-9,15,18H,10H2,1-5H3. The van der Waals surface area contributed by atoms with Crippen LogP contribution >= 0.6 is 11.6 Å². The third kappa shape index (κ3) is 3.39. The summed E-state index contributed by atoms with van der Waals surface area (Å²) in [7, 11) is 7.94. The SMILES string of the molecule is CNC(Cc1c(C)nn(C)c1Cl)c1ccc(N(C)C)cc1. The highest BCUT2D eigenvalue weighted by Crippen LogP contribution is 2.26. The van der Waals surface area contributed by atoms with Crippen LogP contribution in [0.3, 0.4) is 0 Å². The predicted molar refractivity (Wildman–Crippen MR) is 89.2 cm³/mol. The summed E-state index contributed by atoms with van der Waals surface area (Å²) in [5.41, 5.74) is 4.55. The normalized spacial score (nSPS) is 12.5. The zero-order valence-corrected chi connectivity index (χ0v) is 14.1. The number of likely N-dealkylation sites (N-methyl/N-ethyl adjacent to an activating group) is 1. The van der Waals surface area contributed by atoms with Crippen LogP contribution < -0.4 is 10.2 Å². The molecule has 114 valence electrons. The molecule has 0 fully saturated rings. The molecule has 2 aromatic rings. The first-order valence-electron chi connectivity index (χ1n) is 7.06. The van der Waals surface area contributed by atoms with Gasteiger partial charge in [0.15, 0.2) is 0 Å². The summed E-state index contributed by atoms with van der Waals surface area (Å²) < 4.78 is 1.73. The Hall–Kier alpha value is -1.52. The Balaban J connectivity index is 2.23. The van der Waals surface area contributed by atoms with E-state index in [1.807, 2.05) is 35.1 Å². The number of anilines is 1. The summed E-state index contributed by atoms with van der Waals surface area (Å²) in [5, 5.41) is 8.47. The van der Waals surface area contributed by atoms with Gasteiger partial charge in [-0.25, -0.2) is 0 Å². The van der Waals surface area contributed by atoms with Crippen LogP contribution in [0, 0.1) is 6.92 Å². The number of halogens is 1. The fourth-order valence-electron chi connectivity index (χ4n) is 2.50. The van der Waals surface area contributed by atoms with Crippen LogP contribution in [0.1, 0.15) is 22.9 Å². The minimum Gasteiger partial charge on any atom is -0.378 e. The fraction of sp³-hybridized carbons (Fsp3) is 0.438. The van der Waals surface area contributed by atoms with Gasteiger partial charge >= 0.3 is 0 Å². The highest BCUT2D eigenvalue weighted by Gasteiger charge is 2.17. The fourth-order valence-corrected chi connectivity index (χ4v) is 2.75. The molecule has 2 rings (SSSR count). The Morgan fingerprint density at radius 2 is 1.90 bits per heavy atom. The summed E-state index contributed by atoms with van der Waals surface area (Å²) in [6.07, 6.45) is 0.830. The molecule has 1 aromatic heterocycles. The molecule has 0 aliphatic heterocycles. The van der Waals surface area contributed by atoms with E-state index in [4.69, 9.17) is 11.6 Å². The van der Waals surface area contributed by atoms with Gasteiger partial charge in [-0.15, -0.1) is 0 Å². The summed E-state index contributed by atoms with van der Waals surface area (Å²) in [4.78, 5) is 2.10. The Bertz CT molecular complexity index is 601. The molecule has 1 atom stereocenters. The molecule has 1 aromatic carbocycles. The van der Waals surface area contributed by atoms with E-state index in [1.54, 1.807) is 4.68 Å². The van der Waals surface area contributed by atoms with Crippen molar-refractivity contribution in [2.45, 2.75) is 19.4 Å². The molecule has 1 unspecified atom stereocenters. The number of aryl methyl sites for hydroxylation is 2. The van der Waals surface area contributed by atoms with Gasteiger partial charge in [0.1, 0.15) is 5.15 Å². The third-order valence-corrected chi connectivity index (χ3v) is 4.31. The highest BCUT2D eigenvalue weighted by molar-refractivity contribution is 6.30. The van der Waals surface area contributed by atoms with Crippen molar-refractivity contribution in [3.05, 3.63) is 46.2 Å². The Kier molecular flexibility index (Phi) is 4.91. The number of nitrogens with one attached hydrogen (secondary N) is 1. The number of hydrogen-bond donors (Lipinski definition) is 1. The van der Waals surface area contributed by atoms with E-state index in [0.29, 0.717) is 0 Å². The molecule has 0 aliphatic carbocycles. The number of hydrogen-bond acceptors (Lipinski definition) is 3. The molecule has 0 radical (unpaired) electrons. The molecular formula is C16H23ClN4. The van der Waals surface area contributed by atoms with Crippen molar-refractivity contribution < 1.29 is 0 Å². The van der Waals surface area contributed by atoms with Crippen molar-refractivity contribution in [3.8, 4) is 0 Å². The van der Waals surface area contributed by atoms with Crippen molar-refractivity contribution in [1.82, 2.24) is 15.1 Å².